The number of rotatable bonds is 6. The molecule has 0 atom stereocenters. The number of ether oxygens (including phenoxy) is 4. The fraction of sp³-hybridized carbons (Fsp3) is 0.179. The molecule has 0 fully saturated rings. The molecule has 4 rings (SSSR count). The van der Waals surface area contributed by atoms with E-state index in [0.717, 1.165) is 22.7 Å². The molecule has 184 valence electrons. The van der Waals surface area contributed by atoms with Crippen molar-refractivity contribution in [2.45, 2.75) is 6.92 Å². The minimum absolute atomic E-state index is 0.0666. The van der Waals surface area contributed by atoms with Crippen molar-refractivity contribution in [1.29, 1.82) is 0 Å². The van der Waals surface area contributed by atoms with Crippen LogP contribution >= 0.6 is 0 Å². The predicted octanol–water partition coefficient (Wildman–Crippen LogP) is 4.57. The summed E-state index contributed by atoms with van der Waals surface area (Å²) in [4.78, 5) is 38.6. The Morgan fingerprint density at radius 1 is 0.778 bits per heavy atom. The summed E-state index contributed by atoms with van der Waals surface area (Å²) in [6, 6.07) is 16.5. The molecule has 0 N–H and O–H groups in total. The number of hydrogen-bond acceptors (Lipinski definition) is 7. The van der Waals surface area contributed by atoms with Gasteiger partial charge in [0.2, 0.25) is 0 Å². The molecule has 0 saturated carbocycles. The molecule has 0 amide bonds. The molecule has 36 heavy (non-hydrogen) atoms. The van der Waals surface area contributed by atoms with Gasteiger partial charge in [0.1, 0.15) is 5.75 Å². The molecular weight excluding hydrogens is 462 g/mol. The highest BCUT2D eigenvalue weighted by Gasteiger charge is 2.33. The Morgan fingerprint density at radius 2 is 1.44 bits per heavy atom. The minimum Gasteiger partial charge on any atom is -0.497 e. The van der Waals surface area contributed by atoms with Crippen molar-refractivity contribution in [3.63, 3.8) is 0 Å². The van der Waals surface area contributed by atoms with E-state index in [0.29, 0.717) is 28.1 Å². The van der Waals surface area contributed by atoms with Crippen LogP contribution in [-0.4, -0.2) is 50.9 Å². The van der Waals surface area contributed by atoms with Crippen LogP contribution in [0.2, 0.25) is 0 Å². The Hall–Kier alpha value is -4.59. The number of benzene rings is 1. The molecule has 0 spiro atoms. The third-order valence-electron chi connectivity index (χ3n) is 6.08. The Labute approximate surface area is 208 Å². The number of esters is 3. The van der Waals surface area contributed by atoms with Gasteiger partial charge in [-0.1, -0.05) is 30.3 Å². The number of fused-ring (bicyclic) bond motifs is 3. The molecule has 0 aliphatic heterocycles. The second kappa shape index (κ2) is 9.95. The summed E-state index contributed by atoms with van der Waals surface area (Å²) >= 11 is 0. The SMILES string of the molecule is COC(=O)C=C(C(=O)OC)c1c2c(C(=O)OC)c3cccccc-3c2c(C)n1-c1ccc(OC)cc1. The summed E-state index contributed by atoms with van der Waals surface area (Å²) in [5.41, 5.74) is 3.41. The van der Waals surface area contributed by atoms with Crippen LogP contribution < -0.4 is 4.74 Å². The molecule has 2 aliphatic carbocycles. The van der Waals surface area contributed by atoms with Crippen molar-refractivity contribution in [3.8, 4) is 22.6 Å². The molecular formula is C28H25NO7. The molecule has 0 unspecified atom stereocenters. The molecule has 2 aromatic rings. The van der Waals surface area contributed by atoms with Gasteiger partial charge in [-0.3, -0.25) is 0 Å². The van der Waals surface area contributed by atoms with Crippen molar-refractivity contribution >= 4 is 34.3 Å². The first-order chi connectivity index (χ1) is 17.4. The summed E-state index contributed by atoms with van der Waals surface area (Å²) in [6.07, 6.45) is 1.07. The van der Waals surface area contributed by atoms with E-state index in [1.165, 1.54) is 21.3 Å². The van der Waals surface area contributed by atoms with Gasteiger partial charge < -0.3 is 23.5 Å². The van der Waals surface area contributed by atoms with Crippen molar-refractivity contribution in [2.24, 2.45) is 0 Å². The maximum atomic E-state index is 13.2. The van der Waals surface area contributed by atoms with Crippen LogP contribution in [0, 0.1) is 6.92 Å². The molecule has 0 bridgehead atoms. The van der Waals surface area contributed by atoms with Gasteiger partial charge in [-0.25, -0.2) is 14.4 Å². The molecule has 0 saturated heterocycles. The summed E-state index contributed by atoms with van der Waals surface area (Å²) < 4.78 is 22.1. The topological polar surface area (TPSA) is 93.1 Å². The van der Waals surface area contributed by atoms with E-state index >= 15 is 0 Å². The van der Waals surface area contributed by atoms with Crippen LogP contribution in [-0.2, 0) is 23.8 Å². The molecule has 1 aromatic heterocycles. The Balaban J connectivity index is 2.27. The number of nitrogens with zero attached hydrogens (tertiary/aromatic N) is 1. The molecule has 1 heterocycles. The van der Waals surface area contributed by atoms with E-state index in [1.807, 2.05) is 54.0 Å². The second-order valence-corrected chi connectivity index (χ2v) is 7.89. The predicted molar refractivity (Wildman–Crippen MR) is 135 cm³/mol. The smallest absolute Gasteiger partial charge is 0.340 e. The summed E-state index contributed by atoms with van der Waals surface area (Å²) in [5.74, 6) is -1.43. The molecule has 1 aromatic carbocycles. The number of methoxy groups -OCH3 is 4. The summed E-state index contributed by atoms with van der Waals surface area (Å²) in [6.45, 7) is 1.89. The number of hydrogen-bond donors (Lipinski definition) is 0. The summed E-state index contributed by atoms with van der Waals surface area (Å²) in [5, 5.41) is 1.21. The van der Waals surface area contributed by atoms with E-state index in [1.54, 1.807) is 19.2 Å². The zero-order valence-corrected chi connectivity index (χ0v) is 20.6. The van der Waals surface area contributed by atoms with Gasteiger partial charge in [-0.15, -0.1) is 0 Å². The monoisotopic (exact) mass is 487 g/mol. The first-order valence-corrected chi connectivity index (χ1v) is 11.0. The fourth-order valence-electron chi connectivity index (χ4n) is 4.52. The van der Waals surface area contributed by atoms with Gasteiger partial charge in [-0.05, 0) is 42.3 Å². The number of carbonyl (C=O) groups is 3. The number of carbonyl (C=O) groups excluding carboxylic acids is 3. The lowest BCUT2D eigenvalue weighted by Gasteiger charge is -2.15. The van der Waals surface area contributed by atoms with Gasteiger partial charge >= 0.3 is 17.9 Å². The summed E-state index contributed by atoms with van der Waals surface area (Å²) in [7, 11) is 5.31. The van der Waals surface area contributed by atoms with Crippen LogP contribution in [0.1, 0.15) is 21.7 Å². The van der Waals surface area contributed by atoms with Crippen LogP contribution in [0.15, 0.2) is 60.7 Å². The first kappa shape index (κ1) is 24.5. The normalized spacial score (nSPS) is 11.4. The third-order valence-corrected chi connectivity index (χ3v) is 6.08. The van der Waals surface area contributed by atoms with Crippen molar-refractivity contribution < 1.29 is 33.3 Å². The molecule has 0 radical (unpaired) electrons. The highest BCUT2D eigenvalue weighted by atomic mass is 16.5. The van der Waals surface area contributed by atoms with E-state index in [2.05, 4.69) is 0 Å². The van der Waals surface area contributed by atoms with E-state index < -0.39 is 17.9 Å². The third kappa shape index (κ3) is 3.96. The van der Waals surface area contributed by atoms with E-state index in [9.17, 15) is 14.4 Å². The van der Waals surface area contributed by atoms with Crippen LogP contribution in [0.5, 0.6) is 5.75 Å². The van der Waals surface area contributed by atoms with Gasteiger partial charge in [0, 0.05) is 28.2 Å². The highest BCUT2D eigenvalue weighted by Crippen LogP contribution is 2.46. The number of aryl methyl sites for hydroxylation is 1. The van der Waals surface area contributed by atoms with Crippen LogP contribution in [0.25, 0.3) is 33.2 Å². The molecule has 2 aliphatic rings. The largest absolute Gasteiger partial charge is 0.497 e. The van der Waals surface area contributed by atoms with E-state index in [4.69, 9.17) is 18.9 Å². The van der Waals surface area contributed by atoms with E-state index in [-0.39, 0.29) is 11.1 Å². The minimum atomic E-state index is -0.763. The average molecular weight is 488 g/mol. The zero-order chi connectivity index (χ0) is 26.0. The quantitative estimate of drug-likeness (QED) is 0.223. The Morgan fingerprint density at radius 3 is 2.03 bits per heavy atom. The van der Waals surface area contributed by atoms with Gasteiger partial charge in [0.15, 0.2) is 0 Å². The zero-order valence-electron chi connectivity index (χ0n) is 20.6. The van der Waals surface area contributed by atoms with Crippen LogP contribution in [0.3, 0.4) is 0 Å². The van der Waals surface area contributed by atoms with Crippen molar-refractivity contribution in [1.82, 2.24) is 4.57 Å². The molecule has 8 nitrogen and oxygen atoms in total. The maximum absolute atomic E-state index is 13.2. The van der Waals surface area contributed by atoms with Crippen molar-refractivity contribution in [2.75, 3.05) is 28.4 Å². The molecule has 8 heteroatoms. The van der Waals surface area contributed by atoms with Gasteiger partial charge in [-0.2, -0.15) is 0 Å². The van der Waals surface area contributed by atoms with Gasteiger partial charge in [0.05, 0.1) is 45.3 Å². The Bertz CT molecular complexity index is 1480. The Kier molecular flexibility index (Phi) is 6.78. The lowest BCUT2D eigenvalue weighted by atomic mass is 10.0. The number of aromatic nitrogens is 1. The lowest BCUT2D eigenvalue weighted by Crippen LogP contribution is -2.13. The van der Waals surface area contributed by atoms with Crippen LogP contribution in [0.4, 0.5) is 0 Å². The van der Waals surface area contributed by atoms with Gasteiger partial charge in [0.25, 0.3) is 0 Å². The lowest BCUT2D eigenvalue weighted by molar-refractivity contribution is -0.136. The standard InChI is InChI=1S/C28H25NO7/c1-16-23-19-9-7-6-8-10-20(19)24(28(32)36-5)25(23)26(21(27(31)35-4)15-22(30)34-3)29(16)17-11-13-18(33-2)14-12-17/h6-15H,1-5H3. The fourth-order valence-corrected chi connectivity index (χ4v) is 4.52. The highest BCUT2D eigenvalue weighted by molar-refractivity contribution is 6.29. The second-order valence-electron chi connectivity index (χ2n) is 7.89. The first-order valence-electron chi connectivity index (χ1n) is 11.0. The average Bonchev–Trinajstić information content (AvgIpc) is 3.25. The maximum Gasteiger partial charge on any atom is 0.340 e. The van der Waals surface area contributed by atoms with Crippen molar-refractivity contribution in [3.05, 3.63) is 77.6 Å².